The molecule has 4 nitrogen and oxygen atoms in total. The molecule has 1 aromatic rings. The average Bonchev–Trinajstić information content (AvgIpc) is 2.89. The van der Waals surface area contributed by atoms with Gasteiger partial charge in [-0.2, -0.15) is 0 Å². The number of amides is 1. The van der Waals surface area contributed by atoms with E-state index >= 15 is 0 Å². The molecule has 1 aromatic carbocycles. The molecule has 1 fully saturated rings. The Hall–Kier alpha value is -1.55. The molecule has 2 N–H and O–H groups in total. The number of benzene rings is 1. The molecule has 1 amide bonds. The van der Waals surface area contributed by atoms with Crippen molar-refractivity contribution in [3.05, 3.63) is 35.4 Å². The van der Waals surface area contributed by atoms with Crippen molar-refractivity contribution in [2.24, 2.45) is 11.7 Å². The van der Waals surface area contributed by atoms with E-state index in [4.69, 9.17) is 10.5 Å². The molecule has 0 spiro atoms. The van der Waals surface area contributed by atoms with Gasteiger partial charge < -0.3 is 15.4 Å². The third kappa shape index (κ3) is 4.01. The van der Waals surface area contributed by atoms with Gasteiger partial charge in [0.15, 0.2) is 0 Å². The highest BCUT2D eigenvalue weighted by atomic mass is 16.6. The van der Waals surface area contributed by atoms with E-state index in [1.54, 1.807) is 0 Å². The van der Waals surface area contributed by atoms with Crippen LogP contribution < -0.4 is 5.73 Å². The third-order valence-electron chi connectivity index (χ3n) is 4.29. The molecule has 2 unspecified atom stereocenters. The molecule has 0 radical (unpaired) electrons. The van der Waals surface area contributed by atoms with E-state index in [0.717, 1.165) is 19.5 Å². The quantitative estimate of drug-likeness (QED) is 0.932. The highest BCUT2D eigenvalue weighted by Crippen LogP contribution is 2.33. The van der Waals surface area contributed by atoms with Crippen LogP contribution in [-0.2, 0) is 4.74 Å². The summed E-state index contributed by atoms with van der Waals surface area (Å²) in [6, 6.07) is 8.39. The Labute approximate surface area is 133 Å². The van der Waals surface area contributed by atoms with Crippen molar-refractivity contribution in [2.45, 2.75) is 45.6 Å². The molecule has 0 aliphatic carbocycles. The van der Waals surface area contributed by atoms with Gasteiger partial charge in [-0.25, -0.2) is 4.79 Å². The number of rotatable bonds is 3. The lowest BCUT2D eigenvalue weighted by atomic mass is 9.83. The number of nitrogens with two attached hydrogens (primary N) is 1. The van der Waals surface area contributed by atoms with Crippen molar-refractivity contribution in [1.82, 2.24) is 4.90 Å². The summed E-state index contributed by atoms with van der Waals surface area (Å²) in [6.45, 7) is 9.90. The summed E-state index contributed by atoms with van der Waals surface area (Å²) in [5, 5.41) is 0. The number of ether oxygens (including phenoxy) is 1. The van der Waals surface area contributed by atoms with Gasteiger partial charge in [0.25, 0.3) is 0 Å². The molecule has 122 valence electrons. The van der Waals surface area contributed by atoms with Crippen molar-refractivity contribution in [3.63, 3.8) is 0 Å². The lowest BCUT2D eigenvalue weighted by Gasteiger charge is -2.26. The van der Waals surface area contributed by atoms with Gasteiger partial charge >= 0.3 is 6.09 Å². The molecule has 22 heavy (non-hydrogen) atoms. The molecule has 1 aliphatic rings. The first-order valence-corrected chi connectivity index (χ1v) is 8.05. The number of nitrogens with zero attached hydrogens (tertiary/aromatic N) is 1. The van der Waals surface area contributed by atoms with Gasteiger partial charge in [-0.15, -0.1) is 0 Å². The summed E-state index contributed by atoms with van der Waals surface area (Å²) in [4.78, 5) is 14.0. The number of carbonyl (C=O) groups is 1. The molecule has 0 saturated carbocycles. The highest BCUT2D eigenvalue weighted by Gasteiger charge is 2.34. The van der Waals surface area contributed by atoms with Crippen LogP contribution in [0.3, 0.4) is 0 Å². The van der Waals surface area contributed by atoms with Gasteiger partial charge in [-0.1, -0.05) is 24.3 Å². The first kappa shape index (κ1) is 16.8. The normalized spacial score (nSPS) is 20.0. The van der Waals surface area contributed by atoms with E-state index < -0.39 is 5.60 Å². The molecule has 1 heterocycles. The van der Waals surface area contributed by atoms with Crippen LogP contribution in [-0.4, -0.2) is 36.2 Å². The zero-order chi connectivity index (χ0) is 16.3. The van der Waals surface area contributed by atoms with Gasteiger partial charge in [0.2, 0.25) is 0 Å². The van der Waals surface area contributed by atoms with E-state index in [9.17, 15) is 4.79 Å². The van der Waals surface area contributed by atoms with Gasteiger partial charge in [0, 0.05) is 19.0 Å². The molecule has 0 aromatic heterocycles. The Morgan fingerprint density at radius 1 is 1.41 bits per heavy atom. The van der Waals surface area contributed by atoms with Gasteiger partial charge in [0.1, 0.15) is 5.60 Å². The van der Waals surface area contributed by atoms with Crippen molar-refractivity contribution < 1.29 is 9.53 Å². The average molecular weight is 304 g/mol. The Morgan fingerprint density at radius 2 is 2.09 bits per heavy atom. The van der Waals surface area contributed by atoms with E-state index in [0.29, 0.717) is 18.4 Å². The minimum Gasteiger partial charge on any atom is -0.444 e. The minimum atomic E-state index is -0.446. The molecule has 2 atom stereocenters. The summed E-state index contributed by atoms with van der Waals surface area (Å²) in [5.41, 5.74) is 8.17. The van der Waals surface area contributed by atoms with E-state index in [1.807, 2.05) is 31.7 Å². The van der Waals surface area contributed by atoms with Crippen LogP contribution in [0.4, 0.5) is 4.79 Å². The monoisotopic (exact) mass is 304 g/mol. The Balaban J connectivity index is 2.05. The number of hydrogen-bond donors (Lipinski definition) is 1. The highest BCUT2D eigenvalue weighted by molar-refractivity contribution is 5.68. The smallest absolute Gasteiger partial charge is 0.410 e. The number of hydrogen-bond acceptors (Lipinski definition) is 3. The minimum absolute atomic E-state index is 0.212. The number of likely N-dealkylation sites (tertiary alicyclic amines) is 1. The van der Waals surface area contributed by atoms with E-state index in [-0.39, 0.29) is 6.09 Å². The Bertz CT molecular complexity index is 522. The molecular weight excluding hydrogens is 276 g/mol. The van der Waals surface area contributed by atoms with Crippen LogP contribution in [0.2, 0.25) is 0 Å². The predicted molar refractivity (Wildman–Crippen MR) is 88.9 cm³/mol. The molecule has 4 heteroatoms. The molecule has 2 rings (SSSR count). The second-order valence-electron chi connectivity index (χ2n) is 7.17. The maximum Gasteiger partial charge on any atom is 0.410 e. The van der Waals surface area contributed by atoms with E-state index in [1.165, 1.54) is 11.1 Å². The largest absolute Gasteiger partial charge is 0.444 e. The zero-order valence-corrected chi connectivity index (χ0v) is 14.1. The van der Waals surface area contributed by atoms with Crippen molar-refractivity contribution in [2.75, 3.05) is 19.6 Å². The van der Waals surface area contributed by atoms with Crippen LogP contribution in [0.5, 0.6) is 0 Å². The van der Waals surface area contributed by atoms with Crippen LogP contribution >= 0.6 is 0 Å². The fraction of sp³-hybridized carbons (Fsp3) is 0.611. The molecule has 1 aliphatic heterocycles. The Kier molecular flexibility index (Phi) is 5.12. The van der Waals surface area contributed by atoms with Crippen LogP contribution in [0.15, 0.2) is 24.3 Å². The standard InChI is InChI=1S/C18H28N2O2/c1-13-7-5-6-8-15(13)16(11-19)14-9-10-20(12-14)17(21)22-18(2,3)4/h5-8,14,16H,9-12,19H2,1-4H3. The van der Waals surface area contributed by atoms with Crippen molar-refractivity contribution in [1.29, 1.82) is 0 Å². The second-order valence-corrected chi connectivity index (χ2v) is 7.17. The summed E-state index contributed by atoms with van der Waals surface area (Å²) in [6.07, 6.45) is 0.769. The van der Waals surface area contributed by atoms with E-state index in [2.05, 4.69) is 25.1 Å². The topological polar surface area (TPSA) is 55.6 Å². The first-order chi connectivity index (χ1) is 10.3. The fourth-order valence-electron chi connectivity index (χ4n) is 3.18. The lowest BCUT2D eigenvalue weighted by molar-refractivity contribution is 0.0286. The van der Waals surface area contributed by atoms with Crippen LogP contribution in [0, 0.1) is 12.8 Å². The Morgan fingerprint density at radius 3 is 2.68 bits per heavy atom. The zero-order valence-electron chi connectivity index (χ0n) is 14.1. The first-order valence-electron chi connectivity index (χ1n) is 8.05. The summed E-state index contributed by atoms with van der Waals surface area (Å²) >= 11 is 0. The number of aryl methyl sites for hydroxylation is 1. The maximum absolute atomic E-state index is 12.2. The second kappa shape index (κ2) is 6.69. The van der Waals surface area contributed by atoms with Crippen LogP contribution in [0.25, 0.3) is 0 Å². The summed E-state index contributed by atoms with van der Waals surface area (Å²) in [7, 11) is 0. The molecular formula is C18H28N2O2. The number of carbonyl (C=O) groups excluding carboxylic acids is 1. The van der Waals surface area contributed by atoms with Gasteiger partial charge in [0.05, 0.1) is 0 Å². The van der Waals surface area contributed by atoms with Crippen molar-refractivity contribution >= 4 is 6.09 Å². The summed E-state index contributed by atoms with van der Waals surface area (Å²) in [5.74, 6) is 0.701. The van der Waals surface area contributed by atoms with Crippen molar-refractivity contribution in [3.8, 4) is 0 Å². The third-order valence-corrected chi connectivity index (χ3v) is 4.29. The predicted octanol–water partition coefficient (Wildman–Crippen LogP) is 3.29. The molecule has 1 saturated heterocycles. The molecule has 0 bridgehead atoms. The van der Waals surface area contributed by atoms with Gasteiger partial charge in [-0.3, -0.25) is 0 Å². The fourth-order valence-corrected chi connectivity index (χ4v) is 3.18. The lowest BCUT2D eigenvalue weighted by Crippen LogP contribution is -2.36. The van der Waals surface area contributed by atoms with Crippen LogP contribution in [0.1, 0.15) is 44.2 Å². The maximum atomic E-state index is 12.2. The SMILES string of the molecule is Cc1ccccc1C(CN)C1CCN(C(=O)OC(C)(C)C)C1. The summed E-state index contributed by atoms with van der Waals surface area (Å²) < 4.78 is 5.47. The van der Waals surface area contributed by atoms with Gasteiger partial charge in [-0.05, 0) is 57.7 Å².